The second kappa shape index (κ2) is 6.06. The fraction of sp³-hybridized carbons (Fsp3) is 0.462. The number of carbonyl (C=O) groups is 1. The van der Waals surface area contributed by atoms with Gasteiger partial charge in [-0.3, -0.25) is 4.79 Å². The van der Waals surface area contributed by atoms with Gasteiger partial charge < -0.3 is 11.1 Å². The predicted octanol–water partition coefficient (Wildman–Crippen LogP) is 2.32. The molecule has 19 heavy (non-hydrogen) atoms. The molecule has 0 aromatic heterocycles. The van der Waals surface area contributed by atoms with E-state index in [0.29, 0.717) is 0 Å². The second-order valence-electron chi connectivity index (χ2n) is 4.57. The van der Waals surface area contributed by atoms with E-state index in [-0.39, 0.29) is 6.54 Å². The quantitative estimate of drug-likeness (QED) is 0.865. The fourth-order valence-electron chi connectivity index (χ4n) is 1.67. The van der Waals surface area contributed by atoms with E-state index in [2.05, 4.69) is 5.32 Å². The molecular formula is C13H17F3N2O. The molecule has 0 spiro atoms. The van der Waals surface area contributed by atoms with Gasteiger partial charge in [0.15, 0.2) is 0 Å². The van der Waals surface area contributed by atoms with Crippen molar-refractivity contribution >= 4 is 5.91 Å². The van der Waals surface area contributed by atoms with Crippen molar-refractivity contribution in [1.29, 1.82) is 0 Å². The van der Waals surface area contributed by atoms with Crippen molar-refractivity contribution in [3.05, 3.63) is 35.9 Å². The Morgan fingerprint density at radius 3 is 2.32 bits per heavy atom. The van der Waals surface area contributed by atoms with Crippen LogP contribution < -0.4 is 11.1 Å². The van der Waals surface area contributed by atoms with Crippen LogP contribution in [0.3, 0.4) is 0 Å². The summed E-state index contributed by atoms with van der Waals surface area (Å²) in [5, 5.41) is 2.57. The van der Waals surface area contributed by atoms with Crippen LogP contribution in [0, 0.1) is 0 Å². The van der Waals surface area contributed by atoms with Crippen LogP contribution in [-0.4, -0.2) is 18.6 Å². The molecule has 6 heteroatoms. The summed E-state index contributed by atoms with van der Waals surface area (Å²) in [6.45, 7) is 1.79. The molecule has 0 aliphatic rings. The standard InChI is InChI=1S/C13H17F3N2O/c1-12(9-17,10-5-3-2-4-6-10)18-11(19)7-8-13(14,15)16/h2-6H,7-9,17H2,1H3,(H,18,19). The van der Waals surface area contributed by atoms with Crippen molar-refractivity contribution in [2.24, 2.45) is 5.73 Å². The molecule has 0 saturated carbocycles. The molecule has 0 aliphatic carbocycles. The molecule has 0 aliphatic heterocycles. The molecule has 0 fully saturated rings. The fourth-order valence-corrected chi connectivity index (χ4v) is 1.67. The number of amides is 1. The number of benzene rings is 1. The number of alkyl halides is 3. The lowest BCUT2D eigenvalue weighted by molar-refractivity contribution is -0.144. The normalized spacial score (nSPS) is 14.8. The number of nitrogens with two attached hydrogens (primary N) is 1. The first-order valence-corrected chi connectivity index (χ1v) is 5.90. The van der Waals surface area contributed by atoms with E-state index >= 15 is 0 Å². The molecule has 3 N–H and O–H groups in total. The lowest BCUT2D eigenvalue weighted by Gasteiger charge is -2.30. The molecule has 0 heterocycles. The first kappa shape index (κ1) is 15.5. The Labute approximate surface area is 110 Å². The molecule has 3 nitrogen and oxygen atoms in total. The third kappa shape index (κ3) is 4.90. The summed E-state index contributed by atoms with van der Waals surface area (Å²) in [6.07, 6.45) is -6.05. The topological polar surface area (TPSA) is 55.1 Å². The SMILES string of the molecule is CC(CN)(NC(=O)CCC(F)(F)F)c1ccccc1. The third-order valence-corrected chi connectivity index (χ3v) is 2.87. The van der Waals surface area contributed by atoms with Crippen LogP contribution >= 0.6 is 0 Å². The summed E-state index contributed by atoms with van der Waals surface area (Å²) >= 11 is 0. The number of halogens is 3. The molecule has 106 valence electrons. The predicted molar refractivity (Wildman–Crippen MR) is 66.3 cm³/mol. The summed E-state index contributed by atoms with van der Waals surface area (Å²) in [4.78, 5) is 11.6. The van der Waals surface area contributed by atoms with Gasteiger partial charge in [-0.2, -0.15) is 13.2 Å². The summed E-state index contributed by atoms with van der Waals surface area (Å²) in [6, 6.07) is 8.93. The molecule has 0 radical (unpaired) electrons. The number of hydrogen-bond donors (Lipinski definition) is 2. The largest absolute Gasteiger partial charge is 0.389 e. The highest BCUT2D eigenvalue weighted by Gasteiger charge is 2.31. The van der Waals surface area contributed by atoms with Gasteiger partial charge in [0.2, 0.25) is 5.91 Å². The molecule has 1 aromatic carbocycles. The van der Waals surface area contributed by atoms with Crippen LogP contribution in [-0.2, 0) is 10.3 Å². The Morgan fingerprint density at radius 1 is 1.26 bits per heavy atom. The van der Waals surface area contributed by atoms with E-state index in [4.69, 9.17) is 5.73 Å². The lowest BCUT2D eigenvalue weighted by Crippen LogP contribution is -2.48. The minimum Gasteiger partial charge on any atom is -0.346 e. The maximum absolute atomic E-state index is 12.0. The van der Waals surface area contributed by atoms with E-state index in [1.54, 1.807) is 31.2 Å². The van der Waals surface area contributed by atoms with Crippen LogP contribution in [0.1, 0.15) is 25.3 Å². The Hall–Kier alpha value is -1.56. The average Bonchev–Trinajstić information content (AvgIpc) is 2.36. The minimum atomic E-state index is -4.33. The van der Waals surface area contributed by atoms with Crippen LogP contribution in [0.25, 0.3) is 0 Å². The van der Waals surface area contributed by atoms with E-state index in [0.717, 1.165) is 5.56 Å². The van der Waals surface area contributed by atoms with Gasteiger partial charge >= 0.3 is 6.18 Å². The van der Waals surface area contributed by atoms with Crippen molar-refractivity contribution in [1.82, 2.24) is 5.32 Å². The molecule has 1 aromatic rings. The first-order valence-electron chi connectivity index (χ1n) is 5.90. The smallest absolute Gasteiger partial charge is 0.346 e. The van der Waals surface area contributed by atoms with Gasteiger partial charge in [-0.25, -0.2) is 0 Å². The monoisotopic (exact) mass is 274 g/mol. The molecule has 1 rings (SSSR count). The molecule has 0 bridgehead atoms. The Balaban J connectivity index is 2.69. The van der Waals surface area contributed by atoms with Crippen LogP contribution in [0.4, 0.5) is 13.2 Å². The van der Waals surface area contributed by atoms with Gasteiger partial charge in [0.05, 0.1) is 12.0 Å². The van der Waals surface area contributed by atoms with Crippen molar-refractivity contribution in [2.75, 3.05) is 6.54 Å². The molecule has 1 unspecified atom stereocenters. The van der Waals surface area contributed by atoms with Crippen LogP contribution in [0.2, 0.25) is 0 Å². The van der Waals surface area contributed by atoms with Crippen molar-refractivity contribution in [3.63, 3.8) is 0 Å². The summed E-state index contributed by atoms with van der Waals surface area (Å²) in [7, 11) is 0. The highest BCUT2D eigenvalue weighted by atomic mass is 19.4. The molecular weight excluding hydrogens is 257 g/mol. The highest BCUT2D eigenvalue weighted by Crippen LogP contribution is 2.23. The summed E-state index contributed by atoms with van der Waals surface area (Å²) < 4.78 is 36.1. The molecule has 1 atom stereocenters. The number of carbonyl (C=O) groups excluding carboxylic acids is 1. The first-order chi connectivity index (χ1) is 8.77. The van der Waals surface area contributed by atoms with E-state index < -0.39 is 30.5 Å². The van der Waals surface area contributed by atoms with Crippen molar-refractivity contribution in [2.45, 2.75) is 31.5 Å². The maximum Gasteiger partial charge on any atom is 0.389 e. The number of hydrogen-bond acceptors (Lipinski definition) is 2. The number of nitrogens with one attached hydrogen (secondary N) is 1. The van der Waals surface area contributed by atoms with Gasteiger partial charge in [-0.1, -0.05) is 30.3 Å². The summed E-state index contributed by atoms with van der Waals surface area (Å²) in [5.41, 5.74) is 5.54. The third-order valence-electron chi connectivity index (χ3n) is 2.87. The Morgan fingerprint density at radius 2 is 1.84 bits per heavy atom. The molecule has 0 saturated heterocycles. The van der Waals surface area contributed by atoms with E-state index in [9.17, 15) is 18.0 Å². The second-order valence-corrected chi connectivity index (χ2v) is 4.57. The van der Waals surface area contributed by atoms with Crippen LogP contribution in [0.5, 0.6) is 0 Å². The zero-order valence-corrected chi connectivity index (χ0v) is 10.6. The van der Waals surface area contributed by atoms with Gasteiger partial charge in [0.25, 0.3) is 0 Å². The highest BCUT2D eigenvalue weighted by molar-refractivity contribution is 5.77. The Kier molecular flexibility index (Phi) is 4.94. The van der Waals surface area contributed by atoms with E-state index in [1.807, 2.05) is 6.07 Å². The van der Waals surface area contributed by atoms with Gasteiger partial charge in [0, 0.05) is 13.0 Å². The zero-order valence-electron chi connectivity index (χ0n) is 10.6. The summed E-state index contributed by atoms with van der Waals surface area (Å²) in [5.74, 6) is -0.658. The van der Waals surface area contributed by atoms with Gasteiger partial charge in [-0.05, 0) is 12.5 Å². The van der Waals surface area contributed by atoms with Crippen LogP contribution in [0.15, 0.2) is 30.3 Å². The van der Waals surface area contributed by atoms with E-state index in [1.165, 1.54) is 0 Å². The zero-order chi connectivity index (χ0) is 14.5. The Bertz CT molecular complexity index is 420. The maximum atomic E-state index is 12.0. The molecule has 1 amide bonds. The van der Waals surface area contributed by atoms with Gasteiger partial charge in [0.1, 0.15) is 0 Å². The minimum absolute atomic E-state index is 0.106. The lowest BCUT2D eigenvalue weighted by atomic mass is 9.92. The van der Waals surface area contributed by atoms with Crippen molar-refractivity contribution in [3.8, 4) is 0 Å². The number of rotatable bonds is 5. The average molecular weight is 274 g/mol. The van der Waals surface area contributed by atoms with Gasteiger partial charge in [-0.15, -0.1) is 0 Å². The van der Waals surface area contributed by atoms with Crippen molar-refractivity contribution < 1.29 is 18.0 Å².